The third kappa shape index (κ3) is 4.25. The van der Waals surface area contributed by atoms with Crippen molar-refractivity contribution in [2.75, 3.05) is 0 Å². The Balaban J connectivity index is 0.000000449. The minimum absolute atomic E-state index is 0.121. The number of allylic oxidation sites excluding steroid dienone is 1. The predicted octanol–water partition coefficient (Wildman–Crippen LogP) is 7.76. The van der Waals surface area contributed by atoms with Crippen LogP contribution < -0.4 is 5.73 Å². The third-order valence-electron chi connectivity index (χ3n) is 9.41. The maximum atomic E-state index is 8.27. The molecule has 7 unspecified atom stereocenters. The molecule has 0 aromatic heterocycles. The van der Waals surface area contributed by atoms with Gasteiger partial charge in [-0.05, 0) is 101 Å². The van der Waals surface area contributed by atoms with Gasteiger partial charge in [0.05, 0.1) is 0 Å². The van der Waals surface area contributed by atoms with E-state index in [0.29, 0.717) is 16.7 Å². The van der Waals surface area contributed by atoms with E-state index in [4.69, 9.17) is 11.1 Å². The van der Waals surface area contributed by atoms with E-state index >= 15 is 0 Å². The summed E-state index contributed by atoms with van der Waals surface area (Å²) in [5, 5.41) is 8.27. The molecule has 0 spiro atoms. The Morgan fingerprint density at radius 1 is 0.862 bits per heavy atom. The summed E-state index contributed by atoms with van der Waals surface area (Å²) < 4.78 is 0. The first-order chi connectivity index (χ1) is 13.5. The molecule has 0 aliphatic heterocycles. The van der Waals surface area contributed by atoms with Gasteiger partial charge in [0.1, 0.15) is 0 Å². The molecule has 0 aromatic rings. The molecule has 4 saturated carbocycles. The Kier molecular flexibility index (Phi) is 7.86. The molecule has 2 heteroatoms. The number of fused-ring (bicyclic) bond motifs is 5. The van der Waals surface area contributed by atoms with E-state index in [1.54, 1.807) is 0 Å². The van der Waals surface area contributed by atoms with E-state index < -0.39 is 0 Å². The molecule has 0 saturated heterocycles. The summed E-state index contributed by atoms with van der Waals surface area (Å²) in [4.78, 5) is 0. The van der Waals surface area contributed by atoms with Crippen molar-refractivity contribution in [2.24, 2.45) is 40.2 Å². The summed E-state index contributed by atoms with van der Waals surface area (Å²) in [7, 11) is 0. The standard InChI is InChI=1S/C21H36N2.C4H8.C2H6/c1-14(22)16-6-7-17-15-8-13-21(23)11-5-4-10-20(21,3)18(15)9-12-19(16,17)2;1-4(2)3;1-2/h15-18,22H,4-13,23H2,1-3H3;1H2,2-3H3;1-2H3. The molecule has 4 aliphatic carbocycles. The van der Waals surface area contributed by atoms with Gasteiger partial charge in [0.15, 0.2) is 0 Å². The number of hydrogen-bond donors (Lipinski definition) is 2. The van der Waals surface area contributed by atoms with E-state index in [9.17, 15) is 0 Å². The second-order valence-electron chi connectivity index (χ2n) is 11.3. The second kappa shape index (κ2) is 9.25. The number of nitrogens with two attached hydrogens (primary N) is 1. The fraction of sp³-hybridized carbons (Fsp3) is 0.889. The van der Waals surface area contributed by atoms with Crippen molar-refractivity contribution in [3.8, 4) is 0 Å². The minimum atomic E-state index is 0.121. The molecule has 0 aromatic carbocycles. The lowest BCUT2D eigenvalue weighted by Gasteiger charge is -2.64. The highest BCUT2D eigenvalue weighted by molar-refractivity contribution is 5.82. The molecule has 168 valence electrons. The van der Waals surface area contributed by atoms with Gasteiger partial charge in [-0.2, -0.15) is 0 Å². The highest BCUT2D eigenvalue weighted by atomic mass is 14.8. The first kappa shape index (κ1) is 24.6. The summed E-state index contributed by atoms with van der Waals surface area (Å²) in [6, 6.07) is 0. The Labute approximate surface area is 182 Å². The van der Waals surface area contributed by atoms with Crippen LogP contribution in [0.1, 0.15) is 113 Å². The maximum absolute atomic E-state index is 8.27. The molecule has 0 amide bonds. The Morgan fingerprint density at radius 2 is 1.45 bits per heavy atom. The molecule has 4 fully saturated rings. The average molecular weight is 403 g/mol. The van der Waals surface area contributed by atoms with Gasteiger partial charge in [-0.25, -0.2) is 0 Å². The van der Waals surface area contributed by atoms with Gasteiger partial charge in [-0.15, -0.1) is 6.58 Å². The Morgan fingerprint density at radius 3 is 2.03 bits per heavy atom. The topological polar surface area (TPSA) is 49.9 Å². The molecule has 4 aliphatic rings. The second-order valence-corrected chi connectivity index (χ2v) is 11.3. The van der Waals surface area contributed by atoms with Crippen LogP contribution in [0.3, 0.4) is 0 Å². The molecule has 3 N–H and O–H groups in total. The highest BCUT2D eigenvalue weighted by Gasteiger charge is 2.63. The van der Waals surface area contributed by atoms with E-state index in [1.807, 2.05) is 27.7 Å². The molecule has 4 rings (SSSR count). The number of rotatable bonds is 1. The molecule has 29 heavy (non-hydrogen) atoms. The predicted molar refractivity (Wildman–Crippen MR) is 128 cm³/mol. The van der Waals surface area contributed by atoms with Crippen molar-refractivity contribution >= 4 is 5.71 Å². The Hall–Kier alpha value is -0.630. The fourth-order valence-corrected chi connectivity index (χ4v) is 8.05. The smallest absolute Gasteiger partial charge is 0.0211 e. The van der Waals surface area contributed by atoms with Gasteiger partial charge in [0.2, 0.25) is 0 Å². The molecule has 2 nitrogen and oxygen atoms in total. The van der Waals surface area contributed by atoms with E-state index in [-0.39, 0.29) is 5.54 Å². The van der Waals surface area contributed by atoms with Crippen LogP contribution in [0, 0.1) is 39.9 Å². The monoisotopic (exact) mass is 402 g/mol. The lowest BCUT2D eigenvalue weighted by Crippen LogP contribution is -2.65. The maximum Gasteiger partial charge on any atom is 0.0211 e. The number of nitrogens with one attached hydrogen (secondary N) is 1. The van der Waals surface area contributed by atoms with Gasteiger partial charge in [0.25, 0.3) is 0 Å². The van der Waals surface area contributed by atoms with E-state index in [0.717, 1.165) is 23.5 Å². The zero-order chi connectivity index (χ0) is 22.0. The molecule has 0 heterocycles. The third-order valence-corrected chi connectivity index (χ3v) is 9.41. The van der Waals surface area contributed by atoms with Crippen molar-refractivity contribution < 1.29 is 0 Å². The van der Waals surface area contributed by atoms with Crippen LogP contribution >= 0.6 is 0 Å². The first-order valence-electron chi connectivity index (χ1n) is 12.5. The first-order valence-corrected chi connectivity index (χ1v) is 12.5. The van der Waals surface area contributed by atoms with Crippen LogP contribution in [-0.4, -0.2) is 11.3 Å². The van der Waals surface area contributed by atoms with Crippen LogP contribution in [0.15, 0.2) is 12.2 Å². The van der Waals surface area contributed by atoms with Crippen molar-refractivity contribution in [1.82, 2.24) is 0 Å². The molecular formula is C27H50N2. The highest BCUT2D eigenvalue weighted by Crippen LogP contribution is 2.67. The fourth-order valence-electron chi connectivity index (χ4n) is 8.05. The normalized spacial score (nSPS) is 45.2. The lowest BCUT2D eigenvalue weighted by molar-refractivity contribution is -0.118. The van der Waals surface area contributed by atoms with Crippen molar-refractivity contribution in [1.29, 1.82) is 5.41 Å². The van der Waals surface area contributed by atoms with Crippen molar-refractivity contribution in [3.63, 3.8) is 0 Å². The molecule has 0 radical (unpaired) electrons. The molecular weight excluding hydrogens is 352 g/mol. The zero-order valence-corrected chi connectivity index (χ0v) is 20.7. The van der Waals surface area contributed by atoms with Gasteiger partial charge in [-0.1, -0.05) is 46.1 Å². The molecule has 7 atom stereocenters. The van der Waals surface area contributed by atoms with Gasteiger partial charge < -0.3 is 11.1 Å². The summed E-state index contributed by atoms with van der Waals surface area (Å²) in [5.74, 6) is 3.15. The van der Waals surface area contributed by atoms with Crippen molar-refractivity contribution in [3.05, 3.63) is 12.2 Å². The van der Waals surface area contributed by atoms with Gasteiger partial charge in [0, 0.05) is 17.2 Å². The van der Waals surface area contributed by atoms with Crippen LogP contribution in [0.2, 0.25) is 0 Å². The average Bonchev–Trinajstić information content (AvgIpc) is 3.01. The van der Waals surface area contributed by atoms with Crippen LogP contribution in [0.4, 0.5) is 0 Å². The summed E-state index contributed by atoms with van der Waals surface area (Å²) in [6.45, 7) is 18.6. The summed E-state index contributed by atoms with van der Waals surface area (Å²) >= 11 is 0. The lowest BCUT2D eigenvalue weighted by atomic mass is 9.42. The van der Waals surface area contributed by atoms with Crippen LogP contribution in [0.5, 0.6) is 0 Å². The minimum Gasteiger partial charge on any atom is -0.325 e. The van der Waals surface area contributed by atoms with Gasteiger partial charge >= 0.3 is 0 Å². The zero-order valence-electron chi connectivity index (χ0n) is 20.7. The van der Waals surface area contributed by atoms with Crippen molar-refractivity contribution in [2.45, 2.75) is 118 Å². The van der Waals surface area contributed by atoms with Crippen LogP contribution in [-0.2, 0) is 0 Å². The molecule has 0 bridgehead atoms. The Bertz CT molecular complexity index is 591. The van der Waals surface area contributed by atoms with Crippen LogP contribution in [0.25, 0.3) is 0 Å². The van der Waals surface area contributed by atoms with E-state index in [2.05, 4.69) is 27.4 Å². The van der Waals surface area contributed by atoms with E-state index in [1.165, 1.54) is 69.8 Å². The largest absolute Gasteiger partial charge is 0.325 e. The SMILES string of the molecule is C=C(C)C.CC.CC(=N)C1CCC2C3CCC4(N)CCCCC4(C)C3CCC12C. The summed E-state index contributed by atoms with van der Waals surface area (Å²) in [6.07, 6.45) is 13.3. The summed E-state index contributed by atoms with van der Waals surface area (Å²) in [5.41, 5.74) is 10.0. The number of hydrogen-bond acceptors (Lipinski definition) is 2. The van der Waals surface area contributed by atoms with Gasteiger partial charge in [-0.3, -0.25) is 0 Å². The quantitative estimate of drug-likeness (QED) is 0.341.